The number of fused-ring (bicyclic) bond motifs is 1. The highest BCUT2D eigenvalue weighted by molar-refractivity contribution is 8.00. The first kappa shape index (κ1) is 18.3. The van der Waals surface area contributed by atoms with Crippen LogP contribution in [0.5, 0.6) is 5.75 Å². The van der Waals surface area contributed by atoms with Crippen molar-refractivity contribution in [3.8, 4) is 5.75 Å². The minimum absolute atomic E-state index is 0.368. The Morgan fingerprint density at radius 3 is 2.76 bits per heavy atom. The van der Waals surface area contributed by atoms with Crippen molar-refractivity contribution in [1.29, 1.82) is 0 Å². The molecule has 1 saturated carbocycles. The summed E-state index contributed by atoms with van der Waals surface area (Å²) < 4.78 is 16.5. The molecule has 136 valence electrons. The number of hydrogen-bond acceptors (Lipinski definition) is 5. The Labute approximate surface area is 152 Å². The van der Waals surface area contributed by atoms with Crippen LogP contribution < -0.4 is 10.4 Å². The summed E-state index contributed by atoms with van der Waals surface area (Å²) in [5.41, 5.74) is 0.223. The molecule has 2 aromatic rings. The normalized spacial score (nSPS) is 15.1. The van der Waals surface area contributed by atoms with E-state index in [0.29, 0.717) is 23.2 Å². The predicted molar refractivity (Wildman–Crippen MR) is 102 cm³/mol. The molecule has 5 heteroatoms. The van der Waals surface area contributed by atoms with Gasteiger partial charge in [-0.2, -0.15) is 0 Å². The molecule has 0 atom stereocenters. The molecule has 25 heavy (non-hydrogen) atoms. The molecule has 0 spiro atoms. The zero-order valence-electron chi connectivity index (χ0n) is 14.8. The van der Waals surface area contributed by atoms with Gasteiger partial charge in [-0.3, -0.25) is 0 Å². The Kier molecular flexibility index (Phi) is 6.82. The summed E-state index contributed by atoms with van der Waals surface area (Å²) >= 11 is 1.92. The van der Waals surface area contributed by atoms with E-state index < -0.39 is 0 Å². The van der Waals surface area contributed by atoms with Crippen LogP contribution in [0.4, 0.5) is 0 Å². The minimum Gasteiger partial charge on any atom is -0.493 e. The van der Waals surface area contributed by atoms with Crippen molar-refractivity contribution in [2.45, 2.75) is 55.6 Å². The van der Waals surface area contributed by atoms with Gasteiger partial charge in [-0.25, -0.2) is 4.79 Å². The van der Waals surface area contributed by atoms with Gasteiger partial charge in [0.25, 0.3) is 0 Å². The van der Waals surface area contributed by atoms with Crippen molar-refractivity contribution >= 4 is 22.7 Å². The lowest BCUT2D eigenvalue weighted by Crippen LogP contribution is -2.04. The third-order valence-electron chi connectivity index (χ3n) is 4.43. The maximum absolute atomic E-state index is 11.8. The van der Waals surface area contributed by atoms with Crippen molar-refractivity contribution in [1.82, 2.24) is 0 Å². The third-order valence-corrected chi connectivity index (χ3v) is 5.76. The average Bonchev–Trinajstić information content (AvgIpc) is 3.11. The van der Waals surface area contributed by atoms with Crippen LogP contribution in [-0.2, 0) is 4.74 Å². The van der Waals surface area contributed by atoms with Crippen LogP contribution >= 0.6 is 11.8 Å². The van der Waals surface area contributed by atoms with Crippen LogP contribution in [0.1, 0.15) is 45.4 Å². The fourth-order valence-corrected chi connectivity index (χ4v) is 4.42. The Hall–Kier alpha value is -1.46. The first-order valence-corrected chi connectivity index (χ1v) is 10.1. The van der Waals surface area contributed by atoms with E-state index >= 15 is 0 Å². The molecule has 1 aliphatic carbocycles. The van der Waals surface area contributed by atoms with E-state index in [-0.39, 0.29) is 5.63 Å². The van der Waals surface area contributed by atoms with Gasteiger partial charge in [0.1, 0.15) is 11.3 Å². The number of thioether (sulfide) groups is 1. The Morgan fingerprint density at radius 2 is 1.96 bits per heavy atom. The zero-order valence-corrected chi connectivity index (χ0v) is 15.6. The van der Waals surface area contributed by atoms with Crippen molar-refractivity contribution in [2.75, 3.05) is 19.8 Å². The molecule has 1 aromatic heterocycles. The lowest BCUT2D eigenvalue weighted by molar-refractivity contribution is 0.139. The molecule has 4 nitrogen and oxygen atoms in total. The quantitative estimate of drug-likeness (QED) is 0.463. The zero-order chi connectivity index (χ0) is 17.5. The van der Waals surface area contributed by atoms with E-state index in [9.17, 15) is 4.79 Å². The van der Waals surface area contributed by atoms with Crippen LogP contribution in [0.3, 0.4) is 0 Å². The van der Waals surface area contributed by atoms with Crippen molar-refractivity contribution in [3.63, 3.8) is 0 Å². The van der Waals surface area contributed by atoms with Crippen molar-refractivity contribution < 1.29 is 13.9 Å². The molecular weight excluding hydrogens is 336 g/mol. The summed E-state index contributed by atoms with van der Waals surface area (Å²) in [6.07, 6.45) is 7.09. The molecule has 0 unspecified atom stereocenters. The molecule has 1 aliphatic rings. The third kappa shape index (κ3) is 5.25. The molecular formula is C20H26O4S. The summed E-state index contributed by atoms with van der Waals surface area (Å²) in [4.78, 5) is 13.0. The minimum atomic E-state index is -0.368. The van der Waals surface area contributed by atoms with E-state index in [1.807, 2.05) is 30.8 Å². The second kappa shape index (κ2) is 9.30. The van der Waals surface area contributed by atoms with E-state index in [1.54, 1.807) is 0 Å². The highest BCUT2D eigenvalue weighted by Gasteiger charge is 2.17. The van der Waals surface area contributed by atoms with Crippen molar-refractivity contribution in [2.24, 2.45) is 0 Å². The summed E-state index contributed by atoms with van der Waals surface area (Å²) in [5.74, 6) is 0.622. The van der Waals surface area contributed by atoms with Gasteiger partial charge in [0.2, 0.25) is 0 Å². The highest BCUT2D eigenvalue weighted by Crippen LogP contribution is 2.37. The number of hydrogen-bond donors (Lipinski definition) is 0. The van der Waals surface area contributed by atoms with Gasteiger partial charge in [0.15, 0.2) is 0 Å². The van der Waals surface area contributed by atoms with Gasteiger partial charge >= 0.3 is 5.63 Å². The first-order valence-electron chi connectivity index (χ1n) is 9.21. The SMILES string of the molecule is CCOCCCCOc1cc(=O)oc2ccc(SC3CCCC3)cc12. The van der Waals surface area contributed by atoms with Gasteiger partial charge in [-0.1, -0.05) is 12.8 Å². The Morgan fingerprint density at radius 1 is 1.16 bits per heavy atom. The highest BCUT2D eigenvalue weighted by atomic mass is 32.2. The number of ether oxygens (including phenoxy) is 2. The molecule has 0 N–H and O–H groups in total. The topological polar surface area (TPSA) is 48.7 Å². The van der Waals surface area contributed by atoms with Crippen LogP contribution in [0.15, 0.2) is 38.4 Å². The van der Waals surface area contributed by atoms with Gasteiger partial charge in [0, 0.05) is 23.4 Å². The van der Waals surface area contributed by atoms with E-state index in [0.717, 1.165) is 31.4 Å². The van der Waals surface area contributed by atoms with Gasteiger partial charge in [-0.15, -0.1) is 11.8 Å². The lowest BCUT2D eigenvalue weighted by atomic mass is 10.2. The van der Waals surface area contributed by atoms with Gasteiger partial charge in [0.05, 0.1) is 18.1 Å². The molecule has 0 amide bonds. The number of rotatable bonds is 9. The molecule has 1 aromatic carbocycles. The molecule has 0 bridgehead atoms. The maximum Gasteiger partial charge on any atom is 0.339 e. The molecule has 1 heterocycles. The fraction of sp³-hybridized carbons (Fsp3) is 0.550. The Bertz CT molecular complexity index is 734. The van der Waals surface area contributed by atoms with E-state index in [4.69, 9.17) is 13.9 Å². The van der Waals surface area contributed by atoms with E-state index in [1.165, 1.54) is 36.6 Å². The molecule has 0 radical (unpaired) electrons. The van der Waals surface area contributed by atoms with Crippen LogP contribution in [-0.4, -0.2) is 25.1 Å². The largest absolute Gasteiger partial charge is 0.493 e. The average molecular weight is 362 g/mol. The second-order valence-electron chi connectivity index (χ2n) is 6.36. The van der Waals surface area contributed by atoms with Crippen LogP contribution in [0, 0.1) is 0 Å². The van der Waals surface area contributed by atoms with Gasteiger partial charge < -0.3 is 13.9 Å². The molecule has 0 saturated heterocycles. The lowest BCUT2D eigenvalue weighted by Gasteiger charge is -2.11. The monoisotopic (exact) mass is 362 g/mol. The molecule has 0 aliphatic heterocycles. The van der Waals surface area contributed by atoms with Crippen LogP contribution in [0.2, 0.25) is 0 Å². The predicted octanol–water partition coefficient (Wildman–Crippen LogP) is 5.02. The number of unbranched alkanes of at least 4 members (excludes halogenated alkanes) is 1. The van der Waals surface area contributed by atoms with Crippen LogP contribution in [0.25, 0.3) is 11.0 Å². The summed E-state index contributed by atoms with van der Waals surface area (Å²) in [6, 6.07) is 7.47. The molecule has 1 fully saturated rings. The van der Waals surface area contributed by atoms with Crippen molar-refractivity contribution in [3.05, 3.63) is 34.7 Å². The maximum atomic E-state index is 11.8. The number of benzene rings is 1. The molecule has 3 rings (SSSR count). The Balaban J connectivity index is 1.70. The first-order chi connectivity index (χ1) is 12.3. The van der Waals surface area contributed by atoms with E-state index in [2.05, 4.69) is 6.07 Å². The fourth-order valence-electron chi connectivity index (χ4n) is 3.14. The summed E-state index contributed by atoms with van der Waals surface area (Å²) in [5, 5.41) is 1.59. The van der Waals surface area contributed by atoms with Gasteiger partial charge in [-0.05, 0) is 50.8 Å². The summed E-state index contributed by atoms with van der Waals surface area (Å²) in [7, 11) is 0. The second-order valence-corrected chi connectivity index (χ2v) is 7.74. The standard InChI is InChI=1S/C20H26O4S/c1-2-22-11-5-6-12-23-19-14-20(21)24-18-10-9-16(13-17(18)19)25-15-7-3-4-8-15/h9-10,13-15H,2-8,11-12H2,1H3. The smallest absolute Gasteiger partial charge is 0.339 e. The summed E-state index contributed by atoms with van der Waals surface area (Å²) in [6.45, 7) is 4.06.